The molecule has 0 atom stereocenters. The van der Waals surface area contributed by atoms with Gasteiger partial charge in [-0.3, -0.25) is 4.57 Å². The van der Waals surface area contributed by atoms with Crippen molar-refractivity contribution >= 4 is 60.3 Å². The van der Waals surface area contributed by atoms with E-state index in [0.717, 1.165) is 21.6 Å². The lowest BCUT2D eigenvalue weighted by molar-refractivity contribution is 0.157. The van der Waals surface area contributed by atoms with Crippen LogP contribution in [0.3, 0.4) is 0 Å². The van der Waals surface area contributed by atoms with E-state index in [2.05, 4.69) is 59.7 Å². The minimum absolute atomic E-state index is 0.0304. The van der Waals surface area contributed by atoms with Crippen LogP contribution in [-0.4, -0.2) is 27.5 Å². The predicted octanol–water partition coefficient (Wildman–Crippen LogP) is 4.73. The quantitative estimate of drug-likeness (QED) is 0.189. The zero-order valence-corrected chi connectivity index (χ0v) is 20.9. The number of pyridine rings is 1. The Morgan fingerprint density at radius 1 is 1.20 bits per heavy atom. The molecule has 35 heavy (non-hydrogen) atoms. The number of halogens is 4. The highest BCUT2D eigenvalue weighted by atomic mass is 32.2. The summed E-state index contributed by atoms with van der Waals surface area (Å²) in [5, 5.41) is 8.58. The van der Waals surface area contributed by atoms with Crippen LogP contribution in [0.1, 0.15) is 19.5 Å². The first-order chi connectivity index (χ1) is 16.2. The lowest BCUT2D eigenvalue weighted by atomic mass is 9.97. The van der Waals surface area contributed by atoms with Gasteiger partial charge in [0.1, 0.15) is 11.1 Å². The van der Waals surface area contributed by atoms with Crippen LogP contribution in [0.2, 0.25) is 0 Å². The average Bonchev–Trinajstić information content (AvgIpc) is 2.77. The first-order valence-corrected chi connectivity index (χ1v) is 11.1. The van der Waals surface area contributed by atoms with Crippen LogP contribution in [0.25, 0.3) is 10.9 Å². The molecule has 0 saturated heterocycles. The third kappa shape index (κ3) is 5.86. The van der Waals surface area contributed by atoms with Crippen LogP contribution >= 0.6 is 37.9 Å². The Bertz CT molecular complexity index is 1450. The van der Waals surface area contributed by atoms with E-state index in [0.29, 0.717) is 0 Å². The summed E-state index contributed by atoms with van der Waals surface area (Å²) in [6, 6.07) is 6.47. The van der Waals surface area contributed by atoms with E-state index in [-0.39, 0.29) is 16.9 Å². The summed E-state index contributed by atoms with van der Waals surface area (Å²) in [4.78, 5) is 21.5. The standard InChI is InChI=1S/C22H17F4N5OS3/c1-21(2,11-27)7-5-12-9-13(6-8-28-12)30(10-16(24)25)19-17-15(4-3-14(23)18(17)26)31(20(32)29-19)22(33,34)35/h3-4,6,8-9,16,33-35H,10H2,1-2H3. The number of benzene rings is 1. The molecular formula is C22H17F4N5OS3. The van der Waals surface area contributed by atoms with E-state index in [1.165, 1.54) is 18.3 Å². The number of aromatic nitrogens is 3. The number of anilines is 2. The molecule has 0 radical (unpaired) electrons. The topological polar surface area (TPSA) is 74.8 Å². The van der Waals surface area contributed by atoms with Crippen molar-refractivity contribution in [3.8, 4) is 17.9 Å². The van der Waals surface area contributed by atoms with Gasteiger partial charge in [0.2, 0.25) is 0 Å². The summed E-state index contributed by atoms with van der Waals surface area (Å²) in [5.74, 6) is 2.14. The zero-order chi connectivity index (χ0) is 26.1. The van der Waals surface area contributed by atoms with Crippen molar-refractivity contribution in [2.45, 2.75) is 23.8 Å². The molecule has 3 rings (SSSR count). The predicted molar refractivity (Wildman–Crippen MR) is 134 cm³/mol. The van der Waals surface area contributed by atoms with Gasteiger partial charge < -0.3 is 4.90 Å². The third-order valence-corrected chi connectivity index (χ3v) is 5.24. The Kier molecular flexibility index (Phi) is 7.65. The largest absolute Gasteiger partial charge is 0.352 e. The highest BCUT2D eigenvalue weighted by molar-refractivity contribution is 8.15. The van der Waals surface area contributed by atoms with Gasteiger partial charge in [0.05, 0.1) is 23.5 Å². The average molecular weight is 540 g/mol. The maximum absolute atomic E-state index is 15.1. The van der Waals surface area contributed by atoms with Gasteiger partial charge in [0.15, 0.2) is 21.0 Å². The van der Waals surface area contributed by atoms with Crippen molar-refractivity contribution in [2.24, 2.45) is 5.41 Å². The third-order valence-electron chi connectivity index (χ3n) is 4.64. The number of hydrogen-bond donors (Lipinski definition) is 3. The second-order valence-electron chi connectivity index (χ2n) is 7.80. The molecule has 182 valence electrons. The number of hydrogen-bond acceptors (Lipinski definition) is 8. The van der Waals surface area contributed by atoms with Crippen molar-refractivity contribution in [3.05, 3.63) is 58.3 Å². The Morgan fingerprint density at radius 3 is 2.49 bits per heavy atom. The van der Waals surface area contributed by atoms with Gasteiger partial charge in [-0.25, -0.2) is 27.3 Å². The Labute approximate surface area is 214 Å². The second-order valence-corrected chi connectivity index (χ2v) is 10.8. The Balaban J connectivity index is 2.34. The molecule has 0 aliphatic rings. The number of nitriles is 1. The Hall–Kier alpha value is -2.87. The van der Waals surface area contributed by atoms with Crippen molar-refractivity contribution in [1.29, 1.82) is 5.26 Å². The summed E-state index contributed by atoms with van der Waals surface area (Å²) < 4.78 is 55.5. The minimum Gasteiger partial charge on any atom is -0.320 e. The van der Waals surface area contributed by atoms with Crippen LogP contribution in [0.4, 0.5) is 29.1 Å². The molecule has 0 spiro atoms. The van der Waals surface area contributed by atoms with Gasteiger partial charge in [-0.2, -0.15) is 10.2 Å². The van der Waals surface area contributed by atoms with E-state index < -0.39 is 50.4 Å². The molecule has 0 saturated carbocycles. The first-order valence-electron chi connectivity index (χ1n) is 9.79. The van der Waals surface area contributed by atoms with E-state index in [4.69, 9.17) is 5.26 Å². The molecule has 0 bridgehead atoms. The molecule has 1 aromatic carbocycles. The van der Waals surface area contributed by atoms with Crippen LogP contribution in [-0.2, 0) is 3.54 Å². The molecular weight excluding hydrogens is 522 g/mol. The fourth-order valence-electron chi connectivity index (χ4n) is 3.08. The van der Waals surface area contributed by atoms with E-state index in [9.17, 15) is 18.0 Å². The minimum atomic E-state index is -2.95. The van der Waals surface area contributed by atoms with Crippen molar-refractivity contribution < 1.29 is 17.6 Å². The van der Waals surface area contributed by atoms with E-state index >= 15 is 4.39 Å². The summed E-state index contributed by atoms with van der Waals surface area (Å²) in [6.07, 6.45) is -1.69. The SMILES string of the molecule is CC(C)(C#N)C#Cc1cc(N(CC(F)F)c2nc(=O)n(C(S)(S)S)c3ccc(F)c(F)c23)ccn1. The maximum Gasteiger partial charge on any atom is 0.352 e. The lowest BCUT2D eigenvalue weighted by Crippen LogP contribution is -2.35. The van der Waals surface area contributed by atoms with Crippen LogP contribution in [0.15, 0.2) is 35.3 Å². The molecule has 13 heteroatoms. The normalized spacial score (nSPS) is 11.8. The highest BCUT2D eigenvalue weighted by Gasteiger charge is 2.29. The molecule has 0 aliphatic heterocycles. The molecule has 2 aromatic heterocycles. The summed E-state index contributed by atoms with van der Waals surface area (Å²) in [7, 11) is 0. The van der Waals surface area contributed by atoms with E-state index in [1.54, 1.807) is 13.8 Å². The van der Waals surface area contributed by atoms with E-state index in [1.807, 2.05) is 6.07 Å². The fraction of sp³-hybridized carbons (Fsp3) is 0.273. The molecule has 2 heterocycles. The first kappa shape index (κ1) is 26.7. The molecule has 3 aromatic rings. The smallest absolute Gasteiger partial charge is 0.320 e. The number of alkyl halides is 2. The lowest BCUT2D eigenvalue weighted by Gasteiger charge is -2.27. The fourth-order valence-corrected chi connectivity index (χ4v) is 3.66. The van der Waals surface area contributed by atoms with Crippen LogP contribution in [0, 0.1) is 40.2 Å². The number of thiol groups is 3. The van der Waals surface area contributed by atoms with Gasteiger partial charge in [-0.1, -0.05) is 5.92 Å². The molecule has 0 N–H and O–H groups in total. The summed E-state index contributed by atoms with van der Waals surface area (Å²) in [5.41, 5.74) is -2.11. The number of nitrogens with zero attached hydrogens (tertiary/aromatic N) is 5. The zero-order valence-electron chi connectivity index (χ0n) is 18.2. The van der Waals surface area contributed by atoms with Gasteiger partial charge in [-0.05, 0) is 44.0 Å². The summed E-state index contributed by atoms with van der Waals surface area (Å²) >= 11 is 12.3. The molecule has 0 aliphatic carbocycles. The van der Waals surface area contributed by atoms with Gasteiger partial charge >= 0.3 is 5.69 Å². The maximum atomic E-state index is 15.1. The van der Waals surface area contributed by atoms with Gasteiger partial charge in [0, 0.05) is 11.9 Å². The molecule has 6 nitrogen and oxygen atoms in total. The van der Waals surface area contributed by atoms with Gasteiger partial charge in [-0.15, -0.1) is 37.9 Å². The molecule has 0 unspecified atom stereocenters. The second kappa shape index (κ2) is 10.0. The van der Waals surface area contributed by atoms with Crippen LogP contribution in [0.5, 0.6) is 0 Å². The number of fused-ring (bicyclic) bond motifs is 1. The highest BCUT2D eigenvalue weighted by Crippen LogP contribution is 2.37. The number of rotatable bonds is 5. The van der Waals surface area contributed by atoms with Crippen molar-refractivity contribution in [1.82, 2.24) is 14.5 Å². The van der Waals surface area contributed by atoms with Crippen molar-refractivity contribution in [3.63, 3.8) is 0 Å². The Morgan fingerprint density at radius 2 is 1.89 bits per heavy atom. The molecule has 0 fully saturated rings. The monoisotopic (exact) mass is 539 g/mol. The summed E-state index contributed by atoms with van der Waals surface area (Å²) in [6.45, 7) is 2.15. The van der Waals surface area contributed by atoms with Crippen molar-refractivity contribution in [2.75, 3.05) is 11.4 Å². The van der Waals surface area contributed by atoms with Gasteiger partial charge in [0.25, 0.3) is 6.43 Å². The van der Waals surface area contributed by atoms with Crippen LogP contribution < -0.4 is 10.6 Å². The molecule has 0 amide bonds.